The topological polar surface area (TPSA) is 374 Å². The van der Waals surface area contributed by atoms with Crippen molar-refractivity contribution in [2.24, 2.45) is 10.2 Å². The van der Waals surface area contributed by atoms with Gasteiger partial charge in [0, 0.05) is 367 Å². The van der Waals surface area contributed by atoms with Crippen LogP contribution in [0.25, 0.3) is 20.9 Å². The summed E-state index contributed by atoms with van der Waals surface area (Å²) in [5, 5.41) is 14.1. The Morgan fingerprint density at radius 3 is 0.990 bits per heavy atom. The summed E-state index contributed by atoms with van der Waals surface area (Å²) >= 11 is 38.9. The first kappa shape index (κ1) is 110. The van der Waals surface area contributed by atoms with Crippen molar-refractivity contribution in [2.45, 2.75) is 116 Å². The van der Waals surface area contributed by atoms with Crippen molar-refractivity contribution in [3.05, 3.63) is 20.9 Å². The molecule has 62 heteroatoms. The summed E-state index contributed by atoms with van der Waals surface area (Å²) < 4.78 is 68.0. The number of rotatable bonds is 22. The lowest BCUT2D eigenvalue weighted by molar-refractivity contribution is -0.309. The summed E-state index contributed by atoms with van der Waals surface area (Å²) in [6, 6.07) is 0. The molecule has 0 bridgehead atoms. The molecular formula is C37H57BrCl2N6O22S31. The minimum atomic E-state index is -1.30. The van der Waals surface area contributed by atoms with Crippen LogP contribution >= 0.6 is 39.1 Å². The predicted octanol–water partition coefficient (Wildman–Crippen LogP) is 2.53. The van der Waals surface area contributed by atoms with Crippen molar-refractivity contribution in [3.8, 4) is 0 Å². The van der Waals surface area contributed by atoms with E-state index in [4.69, 9.17) is 146 Å². The molecule has 1 N–H and O–H groups in total. The van der Waals surface area contributed by atoms with Gasteiger partial charge in [-0.15, -0.1) is 23.2 Å². The Morgan fingerprint density at radius 2 is 0.697 bits per heavy atom. The highest BCUT2D eigenvalue weighted by Crippen LogP contribution is 2.32. The number of nitrogens with zero attached hydrogens (tertiary/aromatic N) is 6. The van der Waals surface area contributed by atoms with Gasteiger partial charge in [-0.3, -0.25) is 38.4 Å². The summed E-state index contributed by atoms with van der Waals surface area (Å²) in [7, 11) is 41.6. The van der Waals surface area contributed by atoms with Crippen molar-refractivity contribution >= 4 is 376 Å². The van der Waals surface area contributed by atoms with E-state index in [1.165, 1.54) is 56.3 Å². The third-order valence-corrected chi connectivity index (χ3v) is 59.9. The molecule has 0 spiro atoms. The first-order chi connectivity index (χ1) is 47.4. The van der Waals surface area contributed by atoms with Gasteiger partial charge in [0.25, 0.3) is 0 Å². The molecule has 0 radical (unpaired) electrons. The van der Waals surface area contributed by atoms with Crippen LogP contribution in [0, 0.1) is 0 Å². The number of aliphatic hydroxyl groups is 1. The maximum Gasteiger partial charge on any atom is 0.303 e. The van der Waals surface area contributed by atoms with Crippen LogP contribution in [0.15, 0.2) is 10.2 Å². The van der Waals surface area contributed by atoms with E-state index < -0.39 is 108 Å². The fourth-order valence-corrected chi connectivity index (χ4v) is 63.8. The molecule has 0 saturated carbocycles. The minimum Gasteiger partial charge on any atom is -0.463 e. The van der Waals surface area contributed by atoms with Gasteiger partial charge in [0.05, 0.1) is 45.0 Å². The van der Waals surface area contributed by atoms with Crippen LogP contribution in [0.3, 0.4) is 0 Å². The van der Waals surface area contributed by atoms with E-state index in [2.05, 4.69) is 58.4 Å². The van der Waals surface area contributed by atoms with Crippen LogP contribution in [-0.2, 0) is 389 Å². The van der Waals surface area contributed by atoms with E-state index in [-0.39, 0.29) is 51.5 Å². The number of carbonyl (C=O) groups is 8. The van der Waals surface area contributed by atoms with Crippen LogP contribution < -0.4 is 0 Å². The lowest BCUT2D eigenvalue weighted by Crippen LogP contribution is -2.63. The molecule has 0 aromatic rings. The Kier molecular flexibility index (Phi) is 91.4. The molecule has 0 amide bonds. The van der Waals surface area contributed by atoms with Crippen LogP contribution in [-0.4, -0.2) is 184 Å². The third-order valence-electron chi connectivity index (χ3n) is 8.06. The summed E-state index contributed by atoms with van der Waals surface area (Å²) in [5.74, 6) is -5.33. The second-order valence-electron chi connectivity index (χ2n) is 14.6. The Labute approximate surface area is 688 Å². The first-order valence-electron chi connectivity index (χ1n) is 24.5. The lowest BCUT2D eigenvalue weighted by Gasteiger charge is -2.44. The van der Waals surface area contributed by atoms with E-state index in [1.807, 2.05) is 0 Å². The molecule has 574 valence electrons. The average molecular weight is 2080 g/mol. The number of carbonyl (C=O) groups excluding carboxylic acids is 8. The SMILES string of the molecule is CC(=O)OCC1OC(Br)C(OC(C)=O)C(OC(C)=O)C1OC(C)=O.CC(=O)OCC1OC(OCCOCCN=[N+]=[N-])C(OC(C)=O)C(OC(C)=O)C1OC(C)=O.ClCCl.S=S.S=S=S=S=S=S=S=S=S=S=S=S=S=S.S=S=S=S=S=S=S=S=S=S=S=S=S=S=S.[N-]=[N+]=NCCOCCO. The summed E-state index contributed by atoms with van der Waals surface area (Å²) in [6.07, 6.45) is -10.4. The van der Waals surface area contributed by atoms with Gasteiger partial charge in [-0.25, -0.2) is 0 Å². The maximum atomic E-state index is 11.7. The number of halogens is 3. The van der Waals surface area contributed by atoms with Crippen LogP contribution in [0.2, 0.25) is 0 Å². The molecule has 2 heterocycles. The first-order valence-corrected chi connectivity index (χ1v) is 63.8. The number of azide groups is 2. The van der Waals surface area contributed by atoms with Crippen molar-refractivity contribution in [2.75, 3.05) is 71.3 Å². The molecule has 2 aliphatic heterocycles. The number of alkyl halides is 3. The Bertz CT molecular complexity index is 3730. The molecule has 10 unspecified atom stereocenters. The van der Waals surface area contributed by atoms with Crippen LogP contribution in [0.4, 0.5) is 0 Å². The third kappa shape index (κ3) is 73.9. The van der Waals surface area contributed by atoms with Crippen molar-refractivity contribution in [1.29, 1.82) is 0 Å². The fourth-order valence-electron chi connectivity index (χ4n) is 5.53. The predicted molar refractivity (Wildman–Crippen MR) is 460 cm³/mol. The molecule has 2 rings (SSSR count). The van der Waals surface area contributed by atoms with Crippen LogP contribution in [0.5, 0.6) is 0 Å². The molecule has 0 aromatic heterocycles. The molecule has 10 atom stereocenters. The summed E-state index contributed by atoms with van der Waals surface area (Å²) in [6.45, 7) is 10.0. The van der Waals surface area contributed by atoms with Gasteiger partial charge >= 0.3 is 47.8 Å². The quantitative estimate of drug-likeness (QED) is 0.0309. The zero-order valence-electron chi connectivity index (χ0n) is 51.0. The van der Waals surface area contributed by atoms with E-state index in [0.717, 1.165) is 34.6 Å². The van der Waals surface area contributed by atoms with Gasteiger partial charge in [0.2, 0.25) is 0 Å². The molecule has 2 saturated heterocycles. The zero-order valence-corrected chi connectivity index (χ0v) is 79.5. The van der Waals surface area contributed by atoms with Gasteiger partial charge in [-0.1, -0.05) is 26.2 Å². The van der Waals surface area contributed by atoms with E-state index in [1.54, 1.807) is 186 Å². The molecule has 0 aromatic carbocycles. The molecular weight excluding hydrogens is 2030 g/mol. The Balaban J connectivity index is -0.000000388. The summed E-state index contributed by atoms with van der Waals surface area (Å²) in [5.41, 5.74) is 16.0. The van der Waals surface area contributed by atoms with Crippen molar-refractivity contribution in [3.63, 3.8) is 0 Å². The van der Waals surface area contributed by atoms with Crippen molar-refractivity contribution < 1.29 is 105 Å². The van der Waals surface area contributed by atoms with Gasteiger partial charge in [0.15, 0.2) is 47.9 Å². The Morgan fingerprint density at radius 1 is 0.424 bits per heavy atom. The highest BCUT2D eigenvalue weighted by Gasteiger charge is 2.53. The molecule has 0 aliphatic carbocycles. The van der Waals surface area contributed by atoms with Gasteiger partial charge in [-0.05, 0) is 11.1 Å². The highest BCUT2D eigenvalue weighted by molar-refractivity contribution is 9.09. The number of aliphatic hydroxyl groups excluding tert-OH is 1. The second kappa shape index (κ2) is 82.5. The molecule has 28 nitrogen and oxygen atoms in total. The second-order valence-corrected chi connectivity index (χ2v) is 60.6. The van der Waals surface area contributed by atoms with E-state index in [9.17, 15) is 38.4 Å². The molecule has 2 aliphatic rings. The van der Waals surface area contributed by atoms with Gasteiger partial charge < -0.3 is 66.7 Å². The standard InChI is InChI=1S/C18H27N3O11.C14H19BrO9.C4H9N3O2.CH2Cl2.S15.S14.S2/c1-10(22)28-9-14-15(29-11(2)23)16(30-12(3)24)17(31-13(4)25)18(32-14)27-8-7-26-6-5-20-21-19;1-6(16)20-5-10-11(21-7(2)17)12(22-8(3)18)13(14(15)24-10)23-9(4)19;5-7-6-1-3-9-4-2-8;2-1-3;1-3-5-7-9-11-13-15-14-12-10-8-6-4-2;1-3-5-7-9-11-13-14-12-10-8-6-4-2;1-2/h14-18H,5-9H2,1-4H3;10-14H,5H2,1-4H3;8H,1-4H2;1H2;;;. The maximum absolute atomic E-state index is 11.7. The number of esters is 8. The summed E-state index contributed by atoms with van der Waals surface area (Å²) in [4.78, 5) is 96.5. The molecule has 99 heavy (non-hydrogen) atoms. The smallest absolute Gasteiger partial charge is 0.303 e. The van der Waals surface area contributed by atoms with Crippen molar-refractivity contribution in [1.82, 2.24) is 0 Å². The number of ether oxygens (including phenoxy) is 13. The number of hydrogen-bond donors (Lipinski definition) is 1. The molecule has 2 fully saturated rings. The Hall–Kier alpha value is 2.02. The zero-order chi connectivity index (χ0) is 75.9. The highest BCUT2D eigenvalue weighted by atomic mass is 79.9. The van der Waals surface area contributed by atoms with Gasteiger partial charge in [0.1, 0.15) is 25.4 Å². The number of hydrogen-bond acceptors (Lipinski definition) is 30. The monoisotopic (exact) mass is 2080 g/mol. The normalized spacial score (nSPS) is 18.1. The lowest BCUT2D eigenvalue weighted by atomic mass is 9.98. The largest absolute Gasteiger partial charge is 0.463 e. The minimum absolute atomic E-state index is 0.0102. The van der Waals surface area contributed by atoms with Gasteiger partial charge in [-0.2, -0.15) is 0 Å². The van der Waals surface area contributed by atoms with Crippen LogP contribution in [0.1, 0.15) is 55.4 Å². The van der Waals surface area contributed by atoms with E-state index >= 15 is 0 Å². The fraction of sp³-hybridized carbons (Fsp3) is 0.784. The average Bonchev–Trinajstić information content (AvgIpc) is 0.802. The van der Waals surface area contributed by atoms with E-state index in [0.29, 0.717) is 19.8 Å².